The third-order valence-electron chi connectivity index (χ3n) is 2.86. The number of nitrogens with zero attached hydrogens (tertiary/aromatic N) is 3. The highest BCUT2D eigenvalue weighted by Crippen LogP contribution is 2.11. The van der Waals surface area contributed by atoms with E-state index in [-0.39, 0.29) is 11.4 Å². The highest BCUT2D eigenvalue weighted by atomic mass is 32.2. The molecule has 1 N–H and O–H groups in total. The molecule has 0 spiro atoms. The third-order valence-corrected chi connectivity index (χ3v) is 4.28. The average molecular weight is 290 g/mol. The van der Waals surface area contributed by atoms with Crippen molar-refractivity contribution in [3.8, 4) is 6.07 Å². The fourth-order valence-electron chi connectivity index (χ4n) is 1.79. The largest absolute Gasteiger partial charge is 0.275 e. The molecule has 2 aromatic rings. The second kappa shape index (κ2) is 5.45. The van der Waals surface area contributed by atoms with Gasteiger partial charge >= 0.3 is 0 Å². The average Bonchev–Trinajstić information content (AvgIpc) is 2.75. The third kappa shape index (κ3) is 3.04. The van der Waals surface area contributed by atoms with Crippen molar-refractivity contribution in [3.05, 3.63) is 47.3 Å². The standard InChI is InChI=1S/C13H14N4O2S/c1-10-12(9-17(2)16-10)8-15-20(18,19)13-5-3-11(7-14)4-6-13/h3-6,9,15H,8H2,1-2H3. The van der Waals surface area contributed by atoms with Crippen molar-refractivity contribution < 1.29 is 8.42 Å². The summed E-state index contributed by atoms with van der Waals surface area (Å²) >= 11 is 0. The van der Waals surface area contributed by atoms with Crippen LogP contribution in [0.4, 0.5) is 0 Å². The van der Waals surface area contributed by atoms with Gasteiger partial charge < -0.3 is 0 Å². The van der Waals surface area contributed by atoms with Gasteiger partial charge in [-0.15, -0.1) is 0 Å². The zero-order valence-corrected chi connectivity index (χ0v) is 12.0. The summed E-state index contributed by atoms with van der Waals surface area (Å²) in [5, 5.41) is 12.8. The number of nitrogens with one attached hydrogen (secondary N) is 1. The summed E-state index contributed by atoms with van der Waals surface area (Å²) in [6, 6.07) is 7.73. The summed E-state index contributed by atoms with van der Waals surface area (Å²) in [7, 11) is -1.80. The predicted octanol–water partition coefficient (Wildman–Crippen LogP) is 1.08. The maximum atomic E-state index is 12.1. The highest BCUT2D eigenvalue weighted by molar-refractivity contribution is 7.89. The highest BCUT2D eigenvalue weighted by Gasteiger charge is 2.14. The Balaban J connectivity index is 2.15. The van der Waals surface area contributed by atoms with E-state index in [1.807, 2.05) is 13.0 Å². The van der Waals surface area contributed by atoms with Crippen LogP contribution in [0.25, 0.3) is 0 Å². The molecule has 0 amide bonds. The van der Waals surface area contributed by atoms with Crippen molar-refractivity contribution in [2.24, 2.45) is 7.05 Å². The Kier molecular flexibility index (Phi) is 3.88. The number of aryl methyl sites for hydroxylation is 2. The summed E-state index contributed by atoms with van der Waals surface area (Å²) in [4.78, 5) is 0.137. The molecule has 20 heavy (non-hydrogen) atoms. The lowest BCUT2D eigenvalue weighted by Crippen LogP contribution is -2.23. The van der Waals surface area contributed by atoms with E-state index in [1.54, 1.807) is 17.9 Å². The number of aromatic nitrogens is 2. The second-order valence-corrected chi connectivity index (χ2v) is 6.14. The molecule has 0 bridgehead atoms. The van der Waals surface area contributed by atoms with Crippen LogP contribution in [0.15, 0.2) is 35.4 Å². The SMILES string of the molecule is Cc1nn(C)cc1CNS(=O)(=O)c1ccc(C#N)cc1. The Morgan fingerprint density at radius 3 is 2.50 bits per heavy atom. The first-order valence-corrected chi connectivity index (χ1v) is 7.39. The first kappa shape index (κ1) is 14.2. The Morgan fingerprint density at radius 2 is 2.00 bits per heavy atom. The summed E-state index contributed by atoms with van der Waals surface area (Å²) in [5.74, 6) is 0. The Labute approximate surface area is 117 Å². The molecular formula is C13H14N4O2S. The van der Waals surface area contributed by atoms with Gasteiger partial charge in [-0.2, -0.15) is 10.4 Å². The quantitative estimate of drug-likeness (QED) is 0.912. The molecule has 7 heteroatoms. The second-order valence-electron chi connectivity index (χ2n) is 4.37. The summed E-state index contributed by atoms with van der Waals surface area (Å²) in [6.07, 6.45) is 1.77. The van der Waals surface area contributed by atoms with Crippen LogP contribution in [0.5, 0.6) is 0 Å². The predicted molar refractivity (Wildman–Crippen MR) is 73.1 cm³/mol. The first-order chi connectivity index (χ1) is 9.42. The fourth-order valence-corrected chi connectivity index (χ4v) is 2.79. The molecule has 6 nitrogen and oxygen atoms in total. The maximum Gasteiger partial charge on any atom is 0.240 e. The molecule has 0 fully saturated rings. The molecule has 0 aliphatic carbocycles. The van der Waals surface area contributed by atoms with Crippen LogP contribution < -0.4 is 4.72 Å². The van der Waals surface area contributed by atoms with Crippen molar-refractivity contribution in [1.82, 2.24) is 14.5 Å². The minimum Gasteiger partial charge on any atom is -0.275 e. The number of hydrogen-bond donors (Lipinski definition) is 1. The van der Waals surface area contributed by atoms with Gasteiger partial charge in [0.2, 0.25) is 10.0 Å². The summed E-state index contributed by atoms with van der Waals surface area (Å²) in [6.45, 7) is 2.01. The molecule has 104 valence electrons. The number of benzene rings is 1. The molecule has 1 aromatic heterocycles. The van der Waals surface area contributed by atoms with Gasteiger partial charge in [0.15, 0.2) is 0 Å². The van der Waals surface area contributed by atoms with Crippen molar-refractivity contribution in [1.29, 1.82) is 5.26 Å². The van der Waals surface area contributed by atoms with Gasteiger partial charge in [-0.3, -0.25) is 4.68 Å². The molecule has 2 rings (SSSR count). The van der Waals surface area contributed by atoms with Gasteiger partial charge in [0.1, 0.15) is 0 Å². The van der Waals surface area contributed by atoms with Crippen LogP contribution >= 0.6 is 0 Å². The maximum absolute atomic E-state index is 12.1. The zero-order valence-electron chi connectivity index (χ0n) is 11.2. The minimum atomic E-state index is -3.59. The molecule has 1 aromatic carbocycles. The van der Waals surface area contributed by atoms with Crippen LogP contribution in [0, 0.1) is 18.3 Å². The van der Waals surface area contributed by atoms with Gasteiger partial charge in [0.25, 0.3) is 0 Å². The first-order valence-electron chi connectivity index (χ1n) is 5.91. The van der Waals surface area contributed by atoms with Crippen LogP contribution in [0.2, 0.25) is 0 Å². The van der Waals surface area contributed by atoms with E-state index in [4.69, 9.17) is 5.26 Å². The molecule has 0 atom stereocenters. The van der Waals surface area contributed by atoms with Crippen molar-refractivity contribution in [3.63, 3.8) is 0 Å². The smallest absolute Gasteiger partial charge is 0.240 e. The van der Waals surface area contributed by atoms with E-state index >= 15 is 0 Å². The Morgan fingerprint density at radius 1 is 1.35 bits per heavy atom. The van der Waals surface area contributed by atoms with Gasteiger partial charge in [-0.25, -0.2) is 13.1 Å². The van der Waals surface area contributed by atoms with Gasteiger partial charge in [0, 0.05) is 25.4 Å². The minimum absolute atomic E-state index is 0.137. The number of rotatable bonds is 4. The van der Waals surface area contributed by atoms with Crippen LogP contribution in [-0.4, -0.2) is 18.2 Å². The lowest BCUT2D eigenvalue weighted by Gasteiger charge is -2.06. The molecule has 0 aliphatic rings. The lowest BCUT2D eigenvalue weighted by molar-refractivity contribution is 0.581. The van der Waals surface area contributed by atoms with Crippen molar-refractivity contribution in [2.75, 3.05) is 0 Å². The molecule has 0 saturated carbocycles. The van der Waals surface area contributed by atoms with E-state index in [1.165, 1.54) is 24.3 Å². The lowest BCUT2D eigenvalue weighted by atomic mass is 10.2. The Hall–Kier alpha value is -2.17. The van der Waals surface area contributed by atoms with E-state index in [0.29, 0.717) is 5.56 Å². The van der Waals surface area contributed by atoms with Crippen molar-refractivity contribution in [2.45, 2.75) is 18.4 Å². The van der Waals surface area contributed by atoms with Crippen LogP contribution in [0.1, 0.15) is 16.8 Å². The van der Waals surface area contributed by atoms with Gasteiger partial charge in [0.05, 0.1) is 22.2 Å². The number of nitriles is 1. The normalized spacial score (nSPS) is 11.2. The van der Waals surface area contributed by atoms with Gasteiger partial charge in [-0.1, -0.05) is 0 Å². The molecule has 0 unspecified atom stereocenters. The number of sulfonamides is 1. The van der Waals surface area contributed by atoms with Crippen molar-refractivity contribution >= 4 is 10.0 Å². The monoisotopic (exact) mass is 290 g/mol. The van der Waals surface area contributed by atoms with E-state index in [2.05, 4.69) is 9.82 Å². The number of hydrogen-bond acceptors (Lipinski definition) is 4. The van der Waals surface area contributed by atoms with E-state index < -0.39 is 10.0 Å². The molecule has 1 heterocycles. The zero-order chi connectivity index (χ0) is 14.8. The Bertz CT molecular complexity index is 755. The van der Waals surface area contributed by atoms with Crippen LogP contribution in [-0.2, 0) is 23.6 Å². The summed E-state index contributed by atoms with van der Waals surface area (Å²) in [5.41, 5.74) is 2.03. The fraction of sp³-hybridized carbons (Fsp3) is 0.231. The molecule has 0 saturated heterocycles. The molecule has 0 radical (unpaired) electrons. The molecular weight excluding hydrogens is 276 g/mol. The van der Waals surface area contributed by atoms with Crippen LogP contribution in [0.3, 0.4) is 0 Å². The topological polar surface area (TPSA) is 87.8 Å². The molecule has 0 aliphatic heterocycles. The van der Waals surface area contributed by atoms with Gasteiger partial charge in [-0.05, 0) is 31.2 Å². The van der Waals surface area contributed by atoms with E-state index in [0.717, 1.165) is 11.3 Å². The summed E-state index contributed by atoms with van der Waals surface area (Å²) < 4.78 is 28.4. The van der Waals surface area contributed by atoms with E-state index in [9.17, 15) is 8.42 Å².